The lowest BCUT2D eigenvalue weighted by Crippen LogP contribution is -2.61. The van der Waals surface area contributed by atoms with Gasteiger partial charge >= 0.3 is 0 Å². The monoisotopic (exact) mass is 600 g/mol. The van der Waals surface area contributed by atoms with Gasteiger partial charge in [0.1, 0.15) is 11.5 Å². The first kappa shape index (κ1) is 34.3. The SMILES string of the molecule is CC(C)(C)c1cc(C=NCC2(N=Cc3cc(C(C)(C)C)cc(C(C)(C)C)c3O)CC[C@H]3CC2C3(C)C)c(O)c(C(C)(C)C)c1. The molecule has 2 bridgehead atoms. The third-order valence-corrected chi connectivity index (χ3v) is 10.7. The highest BCUT2D eigenvalue weighted by Gasteiger charge is 2.61. The summed E-state index contributed by atoms with van der Waals surface area (Å²) in [5.74, 6) is 1.79. The number of nitrogens with zero attached hydrogens (tertiary/aromatic N) is 2. The van der Waals surface area contributed by atoms with E-state index >= 15 is 0 Å². The molecule has 3 aliphatic rings. The molecule has 0 saturated heterocycles. The Balaban J connectivity index is 1.79. The lowest BCUT2D eigenvalue weighted by atomic mass is 9.43. The molecule has 2 N–H and O–H groups in total. The number of aromatic hydroxyl groups is 2. The summed E-state index contributed by atoms with van der Waals surface area (Å²) in [5, 5.41) is 22.9. The molecule has 2 aromatic carbocycles. The van der Waals surface area contributed by atoms with Crippen LogP contribution in [-0.4, -0.2) is 34.7 Å². The summed E-state index contributed by atoms with van der Waals surface area (Å²) in [6.45, 7) is 31.5. The summed E-state index contributed by atoms with van der Waals surface area (Å²) in [4.78, 5) is 10.5. The molecule has 44 heavy (non-hydrogen) atoms. The van der Waals surface area contributed by atoms with Crippen molar-refractivity contribution in [3.8, 4) is 11.5 Å². The second-order valence-corrected chi connectivity index (χ2v) is 18.6. The standard InChI is InChI=1S/C40H60N2O2/c1-35(2,3)28-17-25(33(43)30(19-28)37(7,8)9)22-41-24-40(16-15-27-21-32(40)39(27,13)14)42-23-26-18-29(36(4,5)6)20-31(34(26)44)38(10,11)12/h17-20,22-23,27,32,43-44H,15-16,21,24H2,1-14H3/t27-,32?,40?/m0/s1. The molecule has 3 fully saturated rings. The van der Waals surface area contributed by atoms with Crippen LogP contribution in [0.15, 0.2) is 34.3 Å². The highest BCUT2D eigenvalue weighted by atomic mass is 16.3. The number of aliphatic imine (C=N–C) groups is 2. The highest BCUT2D eigenvalue weighted by Crippen LogP contribution is 2.64. The van der Waals surface area contributed by atoms with Crippen LogP contribution in [0.1, 0.15) is 150 Å². The molecule has 2 aromatic rings. The smallest absolute Gasteiger partial charge is 0.128 e. The van der Waals surface area contributed by atoms with E-state index in [9.17, 15) is 10.2 Å². The molecule has 4 heteroatoms. The summed E-state index contributed by atoms with van der Waals surface area (Å²) in [7, 11) is 0. The van der Waals surface area contributed by atoms with Gasteiger partial charge in [-0.2, -0.15) is 0 Å². The Labute approximate surface area is 268 Å². The Bertz CT molecular complexity index is 1450. The number of hydrogen-bond acceptors (Lipinski definition) is 4. The molecular formula is C40H60N2O2. The minimum Gasteiger partial charge on any atom is -0.507 e. The predicted molar refractivity (Wildman–Crippen MR) is 188 cm³/mol. The van der Waals surface area contributed by atoms with E-state index in [1.54, 1.807) is 0 Å². The molecule has 4 nitrogen and oxygen atoms in total. The Morgan fingerprint density at radius 1 is 0.705 bits per heavy atom. The molecular weight excluding hydrogens is 540 g/mol. The van der Waals surface area contributed by atoms with Gasteiger partial charge in [-0.1, -0.05) is 109 Å². The van der Waals surface area contributed by atoms with E-state index in [1.165, 1.54) is 17.5 Å². The van der Waals surface area contributed by atoms with E-state index in [0.717, 1.165) is 41.0 Å². The van der Waals surface area contributed by atoms with Crippen molar-refractivity contribution in [2.24, 2.45) is 27.2 Å². The van der Waals surface area contributed by atoms with Crippen LogP contribution < -0.4 is 0 Å². The van der Waals surface area contributed by atoms with Gasteiger partial charge in [-0.05, 0) is 81.4 Å². The highest BCUT2D eigenvalue weighted by molar-refractivity contribution is 5.86. The molecule has 2 unspecified atom stereocenters. The average molecular weight is 601 g/mol. The third kappa shape index (κ3) is 6.51. The number of rotatable bonds is 5. The Morgan fingerprint density at radius 3 is 1.55 bits per heavy atom. The molecule has 242 valence electrons. The number of benzene rings is 2. The molecule has 3 atom stereocenters. The summed E-state index contributed by atoms with van der Waals surface area (Å²) < 4.78 is 0. The van der Waals surface area contributed by atoms with Crippen molar-refractivity contribution in [2.75, 3.05) is 6.54 Å². The van der Waals surface area contributed by atoms with Gasteiger partial charge in [-0.3, -0.25) is 9.98 Å². The summed E-state index contributed by atoms with van der Waals surface area (Å²) in [6, 6.07) is 8.53. The van der Waals surface area contributed by atoms with Crippen LogP contribution in [0.4, 0.5) is 0 Å². The molecule has 5 rings (SSSR count). The fraction of sp³-hybridized carbons (Fsp3) is 0.650. The second-order valence-electron chi connectivity index (χ2n) is 18.6. The van der Waals surface area contributed by atoms with E-state index in [-0.39, 0.29) is 32.6 Å². The van der Waals surface area contributed by atoms with Crippen LogP contribution in [0.25, 0.3) is 0 Å². The van der Waals surface area contributed by atoms with E-state index < -0.39 is 0 Å². The van der Waals surface area contributed by atoms with Crippen molar-refractivity contribution in [1.29, 1.82) is 0 Å². The zero-order valence-electron chi connectivity index (χ0n) is 30.2. The Kier molecular flexibility index (Phi) is 8.58. The molecule has 0 spiro atoms. The number of phenols is 2. The van der Waals surface area contributed by atoms with Crippen LogP contribution in [0.2, 0.25) is 0 Å². The fourth-order valence-electron chi connectivity index (χ4n) is 7.42. The first-order valence-corrected chi connectivity index (χ1v) is 16.7. The van der Waals surface area contributed by atoms with Gasteiger partial charge < -0.3 is 10.2 Å². The van der Waals surface area contributed by atoms with Gasteiger partial charge in [0.25, 0.3) is 0 Å². The first-order valence-electron chi connectivity index (χ1n) is 16.7. The van der Waals surface area contributed by atoms with Crippen LogP contribution in [-0.2, 0) is 21.7 Å². The third-order valence-electron chi connectivity index (χ3n) is 10.7. The minimum atomic E-state index is -0.356. The molecule has 3 aliphatic carbocycles. The Morgan fingerprint density at radius 2 is 1.16 bits per heavy atom. The van der Waals surface area contributed by atoms with Gasteiger partial charge in [0.05, 0.1) is 12.1 Å². The van der Waals surface area contributed by atoms with Crippen LogP contribution in [0, 0.1) is 17.3 Å². The van der Waals surface area contributed by atoms with Crippen molar-refractivity contribution < 1.29 is 10.2 Å². The average Bonchev–Trinajstić information content (AvgIpc) is 2.86. The maximum Gasteiger partial charge on any atom is 0.128 e. The van der Waals surface area contributed by atoms with E-state index in [1.807, 2.05) is 12.4 Å². The van der Waals surface area contributed by atoms with Gasteiger partial charge in [0, 0.05) is 34.7 Å². The van der Waals surface area contributed by atoms with Crippen molar-refractivity contribution in [2.45, 2.75) is 143 Å². The lowest BCUT2D eigenvalue weighted by Gasteiger charge is -2.63. The molecule has 0 heterocycles. The predicted octanol–water partition coefficient (Wildman–Crippen LogP) is 10.0. The fourth-order valence-corrected chi connectivity index (χ4v) is 7.42. The number of fused-ring (bicyclic) bond motifs is 2. The van der Waals surface area contributed by atoms with Crippen molar-refractivity contribution in [3.05, 3.63) is 57.6 Å². The zero-order chi connectivity index (χ0) is 33.3. The summed E-state index contributed by atoms with van der Waals surface area (Å²) >= 11 is 0. The summed E-state index contributed by atoms with van der Waals surface area (Å²) in [5.41, 5.74) is 5.21. The van der Waals surface area contributed by atoms with Crippen molar-refractivity contribution in [3.63, 3.8) is 0 Å². The van der Waals surface area contributed by atoms with E-state index in [0.29, 0.717) is 24.0 Å². The van der Waals surface area contributed by atoms with Gasteiger partial charge in [0.15, 0.2) is 0 Å². The second kappa shape index (κ2) is 11.0. The van der Waals surface area contributed by atoms with Gasteiger partial charge in [0.2, 0.25) is 0 Å². The van der Waals surface area contributed by atoms with Crippen LogP contribution in [0.5, 0.6) is 11.5 Å². The minimum absolute atomic E-state index is 0.0500. The zero-order valence-corrected chi connectivity index (χ0v) is 30.2. The van der Waals surface area contributed by atoms with E-state index in [2.05, 4.69) is 121 Å². The number of phenolic OH excluding ortho intramolecular Hbond substituents is 2. The maximum atomic E-state index is 11.5. The quantitative estimate of drug-likeness (QED) is 0.335. The van der Waals surface area contributed by atoms with Crippen molar-refractivity contribution in [1.82, 2.24) is 0 Å². The molecule has 0 radical (unpaired) electrons. The van der Waals surface area contributed by atoms with E-state index in [4.69, 9.17) is 9.98 Å². The molecule has 3 saturated carbocycles. The Hall–Kier alpha value is -2.62. The normalized spacial score (nSPS) is 24.2. The maximum absolute atomic E-state index is 11.5. The molecule has 0 aliphatic heterocycles. The largest absolute Gasteiger partial charge is 0.507 e. The van der Waals surface area contributed by atoms with Crippen molar-refractivity contribution >= 4 is 12.4 Å². The summed E-state index contributed by atoms with van der Waals surface area (Å²) in [6.07, 6.45) is 7.10. The molecule has 0 aromatic heterocycles. The van der Waals surface area contributed by atoms with Gasteiger partial charge in [-0.25, -0.2) is 0 Å². The topological polar surface area (TPSA) is 65.2 Å². The van der Waals surface area contributed by atoms with Crippen LogP contribution >= 0.6 is 0 Å². The molecule has 0 amide bonds. The van der Waals surface area contributed by atoms with Gasteiger partial charge in [-0.15, -0.1) is 0 Å². The first-order chi connectivity index (χ1) is 19.9. The lowest BCUT2D eigenvalue weighted by molar-refractivity contribution is -0.112. The van der Waals surface area contributed by atoms with Crippen LogP contribution in [0.3, 0.4) is 0 Å². The number of hydrogen-bond donors (Lipinski definition) is 2.